The molecule has 0 radical (unpaired) electrons. The van der Waals surface area contributed by atoms with Crippen LogP contribution in [0.4, 0.5) is 0 Å². The molecule has 0 amide bonds. The zero-order chi connectivity index (χ0) is 14.3. The molecule has 0 fully saturated rings. The van der Waals surface area contributed by atoms with Crippen LogP contribution in [0.2, 0.25) is 0 Å². The number of fused-ring (bicyclic) bond motifs is 1. The lowest BCUT2D eigenvalue weighted by molar-refractivity contribution is 0.103. The minimum Gasteiger partial charge on any atom is -0.492 e. The highest BCUT2D eigenvalue weighted by Crippen LogP contribution is 2.38. The lowest BCUT2D eigenvalue weighted by atomic mass is 9.85. The number of carbonyl (C=O) groups is 1. The highest BCUT2D eigenvalue weighted by Gasteiger charge is 2.32. The maximum atomic E-state index is 12.6. The minimum atomic E-state index is -0.0295. The minimum absolute atomic E-state index is 0.0295. The van der Waals surface area contributed by atoms with Crippen molar-refractivity contribution in [3.05, 3.63) is 64.7 Å². The molecule has 2 aromatic carbocycles. The van der Waals surface area contributed by atoms with Crippen molar-refractivity contribution in [1.82, 2.24) is 0 Å². The van der Waals surface area contributed by atoms with Crippen molar-refractivity contribution in [3.63, 3.8) is 0 Å². The second kappa shape index (κ2) is 4.48. The first-order valence-electron chi connectivity index (χ1n) is 6.86. The highest BCUT2D eigenvalue weighted by atomic mass is 16.5. The number of ketones is 1. The summed E-state index contributed by atoms with van der Waals surface area (Å²) in [7, 11) is 0. The van der Waals surface area contributed by atoms with E-state index in [-0.39, 0.29) is 11.2 Å². The van der Waals surface area contributed by atoms with Crippen molar-refractivity contribution in [3.8, 4) is 5.75 Å². The average Bonchev–Trinajstić information content (AvgIpc) is 2.73. The van der Waals surface area contributed by atoms with Crippen LogP contribution in [0, 0.1) is 6.92 Å². The van der Waals surface area contributed by atoms with E-state index < -0.39 is 0 Å². The van der Waals surface area contributed by atoms with Gasteiger partial charge in [0.15, 0.2) is 5.78 Å². The van der Waals surface area contributed by atoms with E-state index in [1.807, 2.05) is 49.4 Å². The van der Waals surface area contributed by atoms with E-state index in [1.165, 1.54) is 0 Å². The number of rotatable bonds is 2. The molecular formula is C18H18O2. The smallest absolute Gasteiger partial charge is 0.193 e. The van der Waals surface area contributed by atoms with Gasteiger partial charge >= 0.3 is 0 Å². The summed E-state index contributed by atoms with van der Waals surface area (Å²) in [6, 6.07) is 13.5. The lowest BCUT2D eigenvalue weighted by Gasteiger charge is -2.15. The van der Waals surface area contributed by atoms with Crippen LogP contribution in [0.3, 0.4) is 0 Å². The van der Waals surface area contributed by atoms with E-state index in [9.17, 15) is 4.79 Å². The Morgan fingerprint density at radius 2 is 1.85 bits per heavy atom. The third kappa shape index (κ3) is 2.11. The number of ether oxygens (including phenoxy) is 1. The fraction of sp³-hybridized carbons (Fsp3) is 0.278. The maximum Gasteiger partial charge on any atom is 0.193 e. The van der Waals surface area contributed by atoms with Crippen molar-refractivity contribution >= 4 is 5.78 Å². The van der Waals surface area contributed by atoms with Crippen LogP contribution >= 0.6 is 0 Å². The van der Waals surface area contributed by atoms with Gasteiger partial charge in [-0.3, -0.25) is 4.79 Å². The molecular weight excluding hydrogens is 248 g/mol. The fourth-order valence-electron chi connectivity index (χ4n) is 2.61. The van der Waals surface area contributed by atoms with Gasteiger partial charge in [-0.2, -0.15) is 0 Å². The topological polar surface area (TPSA) is 26.3 Å². The molecule has 0 bridgehead atoms. The first kappa shape index (κ1) is 12.9. The first-order valence-corrected chi connectivity index (χ1v) is 6.86. The molecule has 2 nitrogen and oxygen atoms in total. The third-order valence-corrected chi connectivity index (χ3v) is 3.84. The maximum absolute atomic E-state index is 12.6. The van der Waals surface area contributed by atoms with Crippen molar-refractivity contribution in [2.24, 2.45) is 0 Å². The van der Waals surface area contributed by atoms with E-state index in [0.717, 1.165) is 28.0 Å². The summed E-state index contributed by atoms with van der Waals surface area (Å²) in [6.07, 6.45) is 0. The molecule has 0 saturated carbocycles. The molecule has 0 atom stereocenters. The fourth-order valence-corrected chi connectivity index (χ4v) is 2.61. The van der Waals surface area contributed by atoms with Crippen molar-refractivity contribution < 1.29 is 9.53 Å². The van der Waals surface area contributed by atoms with Crippen molar-refractivity contribution in [2.75, 3.05) is 6.61 Å². The Kier molecular flexibility index (Phi) is 2.89. The number of hydrogen-bond donors (Lipinski definition) is 0. The number of benzene rings is 2. The van der Waals surface area contributed by atoms with E-state index in [0.29, 0.717) is 6.61 Å². The van der Waals surface area contributed by atoms with Crippen LogP contribution < -0.4 is 4.74 Å². The van der Waals surface area contributed by atoms with Crippen LogP contribution in [0.25, 0.3) is 0 Å². The zero-order valence-electron chi connectivity index (χ0n) is 12.1. The number of carbonyl (C=O) groups excluding carboxylic acids is 1. The predicted molar refractivity (Wildman–Crippen MR) is 79.6 cm³/mol. The number of aryl methyl sites for hydroxylation is 1. The molecule has 2 heteroatoms. The molecule has 3 rings (SSSR count). The summed E-state index contributed by atoms with van der Waals surface area (Å²) in [5.41, 5.74) is 3.66. The molecule has 1 heterocycles. The van der Waals surface area contributed by atoms with Crippen LogP contribution in [-0.4, -0.2) is 12.4 Å². The largest absolute Gasteiger partial charge is 0.492 e. The van der Waals surface area contributed by atoms with Gasteiger partial charge in [-0.1, -0.05) is 37.6 Å². The summed E-state index contributed by atoms with van der Waals surface area (Å²) in [6.45, 7) is 6.94. The molecule has 0 saturated heterocycles. The Morgan fingerprint density at radius 1 is 1.10 bits per heavy atom. The standard InChI is InChI=1S/C18H18O2/c1-12-5-4-6-13(9-12)17(19)14-7-8-16-15(10-14)18(2,3)11-20-16/h4-10H,11H2,1-3H3. The molecule has 2 aromatic rings. The van der Waals surface area contributed by atoms with Crippen molar-refractivity contribution in [2.45, 2.75) is 26.2 Å². The second-order valence-electron chi connectivity index (χ2n) is 6.08. The summed E-state index contributed by atoms with van der Waals surface area (Å²) < 4.78 is 5.66. The molecule has 0 aliphatic carbocycles. The van der Waals surface area contributed by atoms with Gasteiger partial charge < -0.3 is 4.74 Å². The Labute approximate surface area is 119 Å². The summed E-state index contributed by atoms with van der Waals surface area (Å²) in [5.74, 6) is 0.968. The van der Waals surface area contributed by atoms with Gasteiger partial charge in [0, 0.05) is 22.1 Å². The van der Waals surface area contributed by atoms with Gasteiger partial charge in [0.25, 0.3) is 0 Å². The third-order valence-electron chi connectivity index (χ3n) is 3.84. The molecule has 0 aromatic heterocycles. The molecule has 0 unspecified atom stereocenters. The Morgan fingerprint density at radius 3 is 2.60 bits per heavy atom. The van der Waals surface area contributed by atoms with Gasteiger partial charge in [0.2, 0.25) is 0 Å². The molecule has 1 aliphatic rings. The van der Waals surface area contributed by atoms with Crippen LogP contribution in [0.5, 0.6) is 5.75 Å². The molecule has 20 heavy (non-hydrogen) atoms. The van der Waals surface area contributed by atoms with Gasteiger partial charge in [-0.15, -0.1) is 0 Å². The van der Waals surface area contributed by atoms with Crippen LogP contribution in [0.15, 0.2) is 42.5 Å². The van der Waals surface area contributed by atoms with Crippen LogP contribution in [0.1, 0.15) is 40.9 Å². The van der Waals surface area contributed by atoms with Crippen molar-refractivity contribution in [1.29, 1.82) is 0 Å². The SMILES string of the molecule is Cc1cccc(C(=O)c2ccc3c(c2)C(C)(C)CO3)c1. The molecule has 1 aliphatic heterocycles. The Hall–Kier alpha value is -2.09. The Balaban J connectivity index is 2.02. The van der Waals surface area contributed by atoms with Gasteiger partial charge in [-0.05, 0) is 31.2 Å². The monoisotopic (exact) mass is 266 g/mol. The molecule has 0 spiro atoms. The highest BCUT2D eigenvalue weighted by molar-refractivity contribution is 6.09. The van der Waals surface area contributed by atoms with Gasteiger partial charge in [0.05, 0.1) is 6.61 Å². The molecule has 102 valence electrons. The predicted octanol–water partition coefficient (Wildman–Crippen LogP) is 3.90. The first-order chi connectivity index (χ1) is 9.47. The normalized spacial score (nSPS) is 15.6. The number of hydrogen-bond acceptors (Lipinski definition) is 2. The summed E-state index contributed by atoms with van der Waals surface area (Å²) >= 11 is 0. The van der Waals surface area contributed by atoms with E-state index in [1.54, 1.807) is 0 Å². The van der Waals surface area contributed by atoms with E-state index in [2.05, 4.69) is 13.8 Å². The quantitative estimate of drug-likeness (QED) is 0.771. The zero-order valence-corrected chi connectivity index (χ0v) is 12.1. The summed E-state index contributed by atoms with van der Waals surface area (Å²) in [5, 5.41) is 0. The van der Waals surface area contributed by atoms with Crippen LogP contribution in [-0.2, 0) is 5.41 Å². The summed E-state index contributed by atoms with van der Waals surface area (Å²) in [4.78, 5) is 12.6. The van der Waals surface area contributed by atoms with Gasteiger partial charge in [-0.25, -0.2) is 0 Å². The Bertz CT molecular complexity index is 684. The van der Waals surface area contributed by atoms with E-state index in [4.69, 9.17) is 4.74 Å². The molecule has 0 N–H and O–H groups in total. The van der Waals surface area contributed by atoms with Gasteiger partial charge in [0.1, 0.15) is 5.75 Å². The average molecular weight is 266 g/mol. The van der Waals surface area contributed by atoms with E-state index >= 15 is 0 Å². The lowest BCUT2D eigenvalue weighted by Crippen LogP contribution is -2.18. The second-order valence-corrected chi connectivity index (χ2v) is 6.08.